The molecule has 2 fully saturated rings. The maximum Gasteiger partial charge on any atom is 0.320 e. The molecule has 0 atom stereocenters. The van der Waals surface area contributed by atoms with E-state index in [4.69, 9.17) is 88.8 Å². The number of rotatable bonds is 11. The van der Waals surface area contributed by atoms with Crippen molar-refractivity contribution >= 4 is 79.4 Å². The molecule has 0 aliphatic heterocycles. The molecule has 0 unspecified atom stereocenters. The molecule has 0 spiro atoms. The van der Waals surface area contributed by atoms with Crippen molar-refractivity contribution in [3.63, 3.8) is 0 Å². The number of hydrogen-bond acceptors (Lipinski definition) is 9. The van der Waals surface area contributed by atoms with Crippen LogP contribution in [-0.4, -0.2) is 52.9 Å². The molecule has 4 aromatic carbocycles. The van der Waals surface area contributed by atoms with Gasteiger partial charge in [-0.2, -0.15) is 19.9 Å². The van der Waals surface area contributed by atoms with Gasteiger partial charge in [-0.25, -0.2) is 8.42 Å². The van der Waals surface area contributed by atoms with Gasteiger partial charge < -0.3 is 14.2 Å². The van der Waals surface area contributed by atoms with E-state index < -0.39 is 9.84 Å². The number of benzene rings is 4. The maximum atomic E-state index is 12.8. The number of aromatic nitrogens is 4. The first-order valence-corrected chi connectivity index (χ1v) is 25.3. The Bertz CT molecular complexity index is 2690. The first kappa shape index (κ1) is 48.1. The summed E-state index contributed by atoms with van der Waals surface area (Å²) >= 11 is 37.5. The molecule has 2 aliphatic rings. The minimum Gasteiger partial charge on any atom is -0.474 e. The average molecular weight is 1000 g/mol. The fourth-order valence-electron chi connectivity index (χ4n) is 7.69. The van der Waals surface area contributed by atoms with E-state index in [1.807, 2.05) is 44.2 Å². The van der Waals surface area contributed by atoms with Crippen molar-refractivity contribution in [3.05, 3.63) is 115 Å². The van der Waals surface area contributed by atoms with Crippen LogP contribution in [0.5, 0.6) is 17.9 Å². The first-order valence-electron chi connectivity index (χ1n) is 21.1. The molecule has 2 heterocycles. The summed E-state index contributed by atoms with van der Waals surface area (Å²) in [5.41, 5.74) is 4.78. The summed E-state index contributed by atoms with van der Waals surface area (Å²) in [7, 11) is -3.74. The van der Waals surface area contributed by atoms with Crippen molar-refractivity contribution in [3.8, 4) is 62.7 Å². The molecule has 9 nitrogen and oxygen atoms in total. The van der Waals surface area contributed by atoms with Gasteiger partial charge in [-0.3, -0.25) is 0 Å². The SMILES string of the molecule is CC(C)Oc1nc(OC2CCCCC2)nc(-c2ccc(Cl)cc2Cl)c1-c1ccc(Cl)cc1.CS(=O)(=O)c1nc(OC2CCCCC2)nc(-c2ccc(Cl)cc2Cl)c1-c1ccc(Cl)cc1. The second-order valence-corrected chi connectivity index (χ2v) is 20.5. The summed E-state index contributed by atoms with van der Waals surface area (Å²) in [6.45, 7) is 3.93. The smallest absolute Gasteiger partial charge is 0.320 e. The van der Waals surface area contributed by atoms with Gasteiger partial charge in [-0.05, 0) is 137 Å². The Hall–Kier alpha value is -3.87. The number of ether oxygens (including phenoxy) is 3. The number of hydrogen-bond donors (Lipinski definition) is 0. The lowest BCUT2D eigenvalue weighted by Crippen LogP contribution is -2.21. The fraction of sp³-hybridized carbons (Fsp3) is 0.333. The normalized spacial score (nSPS) is 14.8. The summed E-state index contributed by atoms with van der Waals surface area (Å²) in [6.07, 6.45) is 11.7. The second kappa shape index (κ2) is 21.6. The number of nitrogens with zero attached hydrogens (tertiary/aromatic N) is 4. The van der Waals surface area contributed by atoms with Crippen LogP contribution < -0.4 is 14.2 Å². The van der Waals surface area contributed by atoms with Gasteiger partial charge in [0.2, 0.25) is 5.88 Å². The lowest BCUT2D eigenvalue weighted by atomic mass is 9.98. The zero-order valence-electron chi connectivity index (χ0n) is 35.4. The molecule has 2 saturated carbocycles. The quantitative estimate of drug-likeness (QED) is 0.117. The Balaban J connectivity index is 0.000000191. The van der Waals surface area contributed by atoms with Gasteiger partial charge >= 0.3 is 12.0 Å². The number of halogens is 6. The van der Waals surface area contributed by atoms with Crippen LogP contribution in [0, 0.1) is 0 Å². The molecule has 6 aromatic rings. The summed E-state index contributed by atoms with van der Waals surface area (Å²) in [4.78, 5) is 18.5. The summed E-state index contributed by atoms with van der Waals surface area (Å²) in [5, 5.41) is 2.89. The third-order valence-electron chi connectivity index (χ3n) is 10.7. The Morgan fingerprint density at radius 3 is 1.36 bits per heavy atom. The van der Waals surface area contributed by atoms with Gasteiger partial charge in [0.05, 0.1) is 33.1 Å². The van der Waals surface area contributed by atoms with Crippen molar-refractivity contribution in [1.29, 1.82) is 0 Å². The zero-order valence-corrected chi connectivity index (χ0v) is 40.7. The van der Waals surface area contributed by atoms with Crippen molar-refractivity contribution in [2.45, 2.75) is 101 Å². The molecular weight excluding hydrogens is 957 g/mol. The van der Waals surface area contributed by atoms with Crippen LogP contribution >= 0.6 is 69.6 Å². The third-order valence-corrected chi connectivity index (χ3v) is 13.3. The minimum atomic E-state index is -3.74. The molecule has 64 heavy (non-hydrogen) atoms. The molecule has 8 rings (SSSR count). The van der Waals surface area contributed by atoms with Crippen LogP contribution in [0.15, 0.2) is 90.0 Å². The van der Waals surface area contributed by atoms with Gasteiger partial charge in [0.15, 0.2) is 14.9 Å². The van der Waals surface area contributed by atoms with Crippen LogP contribution in [0.25, 0.3) is 44.8 Å². The van der Waals surface area contributed by atoms with E-state index in [-0.39, 0.29) is 29.3 Å². The van der Waals surface area contributed by atoms with Crippen molar-refractivity contribution in [1.82, 2.24) is 19.9 Å². The minimum absolute atomic E-state index is 0.0241. The topological polar surface area (TPSA) is 113 Å². The molecule has 0 bridgehead atoms. The van der Waals surface area contributed by atoms with E-state index in [2.05, 4.69) is 15.0 Å². The van der Waals surface area contributed by atoms with E-state index in [0.717, 1.165) is 80.7 Å². The molecule has 336 valence electrons. The summed E-state index contributed by atoms with van der Waals surface area (Å²) in [5.74, 6) is 0.448. The molecule has 2 aromatic heterocycles. The van der Waals surface area contributed by atoms with Crippen LogP contribution in [0.4, 0.5) is 0 Å². The highest BCUT2D eigenvalue weighted by Gasteiger charge is 2.28. The van der Waals surface area contributed by atoms with Gasteiger partial charge in [0.1, 0.15) is 12.2 Å². The summed E-state index contributed by atoms with van der Waals surface area (Å²) in [6, 6.07) is 25.0. The van der Waals surface area contributed by atoms with E-state index in [1.54, 1.807) is 54.6 Å². The Morgan fingerprint density at radius 2 is 0.938 bits per heavy atom. The highest BCUT2D eigenvalue weighted by Crippen LogP contribution is 2.43. The van der Waals surface area contributed by atoms with Crippen LogP contribution in [0.1, 0.15) is 78.1 Å². The third kappa shape index (κ3) is 12.3. The van der Waals surface area contributed by atoms with E-state index in [1.165, 1.54) is 6.42 Å². The second-order valence-electron chi connectivity index (χ2n) is 16.0. The maximum absolute atomic E-state index is 12.8. The van der Waals surface area contributed by atoms with Crippen molar-refractivity contribution in [2.75, 3.05) is 6.26 Å². The molecular formula is C48H46Cl6N4O5S. The van der Waals surface area contributed by atoms with Gasteiger partial charge in [-0.15, -0.1) is 0 Å². The average Bonchev–Trinajstić information content (AvgIpc) is 3.25. The zero-order chi connectivity index (χ0) is 45.5. The molecule has 2 aliphatic carbocycles. The number of sulfone groups is 1. The van der Waals surface area contributed by atoms with Crippen LogP contribution in [0.3, 0.4) is 0 Å². The molecule has 16 heteroatoms. The summed E-state index contributed by atoms with van der Waals surface area (Å²) < 4.78 is 44.1. The van der Waals surface area contributed by atoms with Crippen molar-refractivity contribution in [2.24, 2.45) is 0 Å². The highest BCUT2D eigenvalue weighted by atomic mass is 35.5. The van der Waals surface area contributed by atoms with E-state index in [0.29, 0.717) is 70.1 Å². The molecule has 0 saturated heterocycles. The van der Waals surface area contributed by atoms with Gasteiger partial charge in [-0.1, -0.05) is 107 Å². The Labute approximate surface area is 404 Å². The fourth-order valence-corrected chi connectivity index (χ4v) is 9.77. The van der Waals surface area contributed by atoms with Crippen LogP contribution in [0.2, 0.25) is 30.1 Å². The predicted molar refractivity (Wildman–Crippen MR) is 260 cm³/mol. The molecule has 0 amide bonds. The molecule has 0 radical (unpaired) electrons. The lowest BCUT2D eigenvalue weighted by Gasteiger charge is -2.23. The standard InChI is InChI=1S/C25H25Cl3N2O2.C23H21Cl3N2O3S/c1-15(2)31-24-22(16-8-10-17(26)11-9-16)23(20-13-12-18(27)14-21(20)28)29-25(30-24)32-19-6-4-3-5-7-19;1-32(29,30)22-20(14-7-9-15(24)10-8-14)21(18-12-11-16(25)13-19(18)26)27-23(28-22)31-17-5-3-2-4-6-17/h8-15,19H,3-7H2,1-2H3;7-13,17H,2-6H2,1H3. The highest BCUT2D eigenvalue weighted by molar-refractivity contribution is 7.90. The van der Waals surface area contributed by atoms with Gasteiger partial charge in [0, 0.05) is 43.0 Å². The van der Waals surface area contributed by atoms with E-state index in [9.17, 15) is 8.42 Å². The van der Waals surface area contributed by atoms with E-state index >= 15 is 0 Å². The largest absolute Gasteiger partial charge is 0.474 e. The van der Waals surface area contributed by atoms with Gasteiger partial charge in [0.25, 0.3) is 0 Å². The Morgan fingerprint density at radius 1 is 0.531 bits per heavy atom. The lowest BCUT2D eigenvalue weighted by molar-refractivity contribution is 0.138. The monoisotopic (exact) mass is 1000 g/mol. The first-order chi connectivity index (χ1) is 30.6. The predicted octanol–water partition coefficient (Wildman–Crippen LogP) is 15.2. The van der Waals surface area contributed by atoms with Crippen LogP contribution in [-0.2, 0) is 9.84 Å². The van der Waals surface area contributed by atoms with Crippen molar-refractivity contribution < 1.29 is 22.6 Å². The Kier molecular flexibility index (Phi) is 16.2. The molecule has 0 N–H and O–H groups in total.